The number of hydroxylamine groups is 2. The van der Waals surface area contributed by atoms with Crippen LogP contribution in [0, 0.1) is 0 Å². The molecule has 0 saturated carbocycles. The van der Waals surface area contributed by atoms with Crippen molar-refractivity contribution >= 4 is 11.8 Å². The Hall–Kier alpha value is -2.53. The molecule has 1 aromatic carbocycles. The highest BCUT2D eigenvalue weighted by Gasteiger charge is 2.36. The van der Waals surface area contributed by atoms with Gasteiger partial charge in [0, 0.05) is 11.9 Å². The Balaban J connectivity index is 1.55. The number of carbonyl (C=O) groups excluding carboxylic acids is 2. The molecule has 0 spiro atoms. The molecule has 1 aliphatic rings. The lowest BCUT2D eigenvalue weighted by molar-refractivity contribution is -0.0918. The molecule has 21 heavy (non-hydrogen) atoms. The van der Waals surface area contributed by atoms with Crippen molar-refractivity contribution in [3.8, 4) is 0 Å². The van der Waals surface area contributed by atoms with Gasteiger partial charge in [-0.3, -0.25) is 19.4 Å². The molecule has 1 aromatic heterocycles. The van der Waals surface area contributed by atoms with Crippen molar-refractivity contribution in [2.45, 2.75) is 12.8 Å². The molecule has 2 amide bonds. The van der Waals surface area contributed by atoms with Gasteiger partial charge in [0.2, 0.25) is 0 Å². The highest BCUT2D eigenvalue weighted by atomic mass is 16.7. The van der Waals surface area contributed by atoms with Crippen LogP contribution in [0.5, 0.6) is 0 Å². The summed E-state index contributed by atoms with van der Waals surface area (Å²) in [5.41, 5.74) is 1.75. The molecule has 5 nitrogen and oxygen atoms in total. The van der Waals surface area contributed by atoms with Crippen molar-refractivity contribution in [3.05, 3.63) is 65.5 Å². The third kappa shape index (κ3) is 2.68. The second kappa shape index (κ2) is 5.85. The van der Waals surface area contributed by atoms with Crippen LogP contribution in [0.1, 0.15) is 32.8 Å². The number of nitrogens with zero attached hydrogens (tertiary/aromatic N) is 2. The Morgan fingerprint density at radius 1 is 0.952 bits per heavy atom. The first-order chi connectivity index (χ1) is 10.3. The lowest BCUT2D eigenvalue weighted by atomic mass is 10.1. The van der Waals surface area contributed by atoms with E-state index in [4.69, 9.17) is 4.84 Å². The summed E-state index contributed by atoms with van der Waals surface area (Å²) in [7, 11) is 0. The van der Waals surface area contributed by atoms with E-state index >= 15 is 0 Å². The molecular weight excluding hydrogens is 268 g/mol. The van der Waals surface area contributed by atoms with Gasteiger partial charge in [-0.15, -0.1) is 5.06 Å². The van der Waals surface area contributed by atoms with E-state index in [2.05, 4.69) is 4.98 Å². The fraction of sp³-hybridized carbons (Fsp3) is 0.188. The number of pyridine rings is 1. The predicted molar refractivity (Wildman–Crippen MR) is 75.5 cm³/mol. The maximum atomic E-state index is 12.0. The molecule has 0 unspecified atom stereocenters. The van der Waals surface area contributed by atoms with Crippen molar-refractivity contribution in [3.63, 3.8) is 0 Å². The van der Waals surface area contributed by atoms with Crippen LogP contribution in [0.3, 0.4) is 0 Å². The van der Waals surface area contributed by atoms with Crippen LogP contribution < -0.4 is 0 Å². The van der Waals surface area contributed by atoms with E-state index in [0.29, 0.717) is 24.2 Å². The third-order valence-corrected chi connectivity index (χ3v) is 3.28. The van der Waals surface area contributed by atoms with Crippen LogP contribution >= 0.6 is 0 Å². The first-order valence-electron chi connectivity index (χ1n) is 6.78. The van der Waals surface area contributed by atoms with Crippen LogP contribution in [0.15, 0.2) is 48.7 Å². The van der Waals surface area contributed by atoms with Gasteiger partial charge in [-0.25, -0.2) is 0 Å². The van der Waals surface area contributed by atoms with Crippen molar-refractivity contribution in [2.24, 2.45) is 0 Å². The molecular formula is C16H14N2O3. The Bertz CT molecular complexity index is 635. The first kappa shape index (κ1) is 13.5. The highest BCUT2D eigenvalue weighted by Crippen LogP contribution is 2.22. The largest absolute Gasteiger partial charge is 0.285 e. The summed E-state index contributed by atoms with van der Waals surface area (Å²) in [6, 6.07) is 12.4. The van der Waals surface area contributed by atoms with Crippen LogP contribution in [0.4, 0.5) is 0 Å². The number of aryl methyl sites for hydroxylation is 1. The van der Waals surface area contributed by atoms with Crippen LogP contribution in [-0.4, -0.2) is 28.5 Å². The smallest absolute Gasteiger partial charge is 0.266 e. The van der Waals surface area contributed by atoms with Gasteiger partial charge in [-0.1, -0.05) is 18.2 Å². The zero-order chi connectivity index (χ0) is 14.7. The van der Waals surface area contributed by atoms with Gasteiger partial charge in [0.1, 0.15) is 0 Å². The molecule has 3 rings (SSSR count). The average Bonchev–Trinajstić information content (AvgIpc) is 2.77. The number of imide groups is 1. The summed E-state index contributed by atoms with van der Waals surface area (Å²) in [5, 5.41) is 0.850. The van der Waals surface area contributed by atoms with E-state index in [-0.39, 0.29) is 0 Å². The lowest BCUT2D eigenvalue weighted by Gasteiger charge is -2.12. The maximum Gasteiger partial charge on any atom is 0.285 e. The molecule has 0 radical (unpaired) electrons. The minimum atomic E-state index is -0.395. The number of hydrogen-bond acceptors (Lipinski definition) is 4. The van der Waals surface area contributed by atoms with Crippen LogP contribution in [0.25, 0.3) is 0 Å². The molecule has 0 aliphatic carbocycles. The second-order valence-corrected chi connectivity index (χ2v) is 4.71. The predicted octanol–water partition coefficient (Wildman–Crippen LogP) is 2.24. The number of aromatic nitrogens is 1. The monoisotopic (exact) mass is 282 g/mol. The van der Waals surface area contributed by atoms with E-state index in [1.165, 1.54) is 0 Å². The Morgan fingerprint density at radius 3 is 2.24 bits per heavy atom. The molecule has 1 aliphatic heterocycles. The summed E-state index contributed by atoms with van der Waals surface area (Å²) in [4.78, 5) is 33.6. The van der Waals surface area contributed by atoms with E-state index < -0.39 is 11.8 Å². The summed E-state index contributed by atoms with van der Waals surface area (Å²) in [6.45, 7) is 0.294. The molecule has 0 fully saturated rings. The standard InChI is InChI=1S/C16H14N2O3/c19-15-13-8-1-2-9-14(13)16(20)18(15)21-11-5-7-12-6-3-4-10-17-12/h1-4,6,8-10H,5,7,11H2. The second-order valence-electron chi connectivity index (χ2n) is 4.71. The van der Waals surface area contributed by atoms with Gasteiger partial charge in [0.15, 0.2) is 0 Å². The molecule has 106 valence electrons. The van der Waals surface area contributed by atoms with E-state index in [9.17, 15) is 9.59 Å². The fourth-order valence-corrected chi connectivity index (χ4v) is 2.24. The molecule has 0 saturated heterocycles. The molecule has 0 bridgehead atoms. The van der Waals surface area contributed by atoms with Gasteiger partial charge >= 0.3 is 0 Å². The maximum absolute atomic E-state index is 12.0. The Kier molecular flexibility index (Phi) is 3.75. The van der Waals surface area contributed by atoms with Crippen molar-refractivity contribution in [1.82, 2.24) is 10.0 Å². The molecule has 0 N–H and O–H groups in total. The van der Waals surface area contributed by atoms with Gasteiger partial charge in [0.05, 0.1) is 17.7 Å². The topological polar surface area (TPSA) is 59.5 Å². The summed E-state index contributed by atoms with van der Waals surface area (Å²) >= 11 is 0. The molecule has 0 atom stereocenters. The van der Waals surface area contributed by atoms with Gasteiger partial charge in [-0.05, 0) is 37.1 Å². The Morgan fingerprint density at radius 2 is 1.62 bits per heavy atom. The number of benzene rings is 1. The van der Waals surface area contributed by atoms with Gasteiger partial charge < -0.3 is 0 Å². The minimum Gasteiger partial charge on any atom is -0.266 e. The lowest BCUT2D eigenvalue weighted by Crippen LogP contribution is -2.30. The average molecular weight is 282 g/mol. The number of carbonyl (C=O) groups is 2. The zero-order valence-electron chi connectivity index (χ0n) is 11.4. The molecule has 2 heterocycles. The van der Waals surface area contributed by atoms with Crippen molar-refractivity contribution in [1.29, 1.82) is 0 Å². The first-order valence-corrected chi connectivity index (χ1v) is 6.78. The van der Waals surface area contributed by atoms with Crippen LogP contribution in [-0.2, 0) is 11.3 Å². The molecule has 5 heteroatoms. The zero-order valence-corrected chi connectivity index (χ0v) is 11.4. The summed E-state index contributed by atoms with van der Waals surface area (Å²) in [5.74, 6) is -0.790. The van der Waals surface area contributed by atoms with E-state index in [0.717, 1.165) is 17.2 Å². The summed E-state index contributed by atoms with van der Waals surface area (Å²) < 4.78 is 0. The normalized spacial score (nSPS) is 13.6. The van der Waals surface area contributed by atoms with Gasteiger partial charge in [0.25, 0.3) is 11.8 Å². The van der Waals surface area contributed by atoms with Gasteiger partial charge in [-0.2, -0.15) is 0 Å². The van der Waals surface area contributed by atoms with E-state index in [1.807, 2.05) is 18.2 Å². The van der Waals surface area contributed by atoms with E-state index in [1.54, 1.807) is 30.5 Å². The number of hydrogen-bond donors (Lipinski definition) is 0. The Labute approximate surface area is 122 Å². The fourth-order valence-electron chi connectivity index (χ4n) is 2.24. The quantitative estimate of drug-likeness (QED) is 0.623. The number of fused-ring (bicyclic) bond motifs is 1. The molecule has 2 aromatic rings. The summed E-state index contributed by atoms with van der Waals surface area (Å²) in [6.07, 6.45) is 3.16. The van der Waals surface area contributed by atoms with Crippen molar-refractivity contribution in [2.75, 3.05) is 6.61 Å². The van der Waals surface area contributed by atoms with Crippen molar-refractivity contribution < 1.29 is 14.4 Å². The highest BCUT2D eigenvalue weighted by molar-refractivity contribution is 6.20. The van der Waals surface area contributed by atoms with Crippen LogP contribution in [0.2, 0.25) is 0 Å². The third-order valence-electron chi connectivity index (χ3n) is 3.28. The minimum absolute atomic E-state index is 0.294. The number of amides is 2. The number of rotatable bonds is 5. The SMILES string of the molecule is O=C1c2ccccc2C(=O)N1OCCCc1ccccn1.